The van der Waals surface area contributed by atoms with E-state index in [0.29, 0.717) is 26.4 Å². The number of H-pyrrole nitrogens is 1. The van der Waals surface area contributed by atoms with Crippen molar-refractivity contribution in [3.63, 3.8) is 0 Å². The molecule has 1 heterocycles. The van der Waals surface area contributed by atoms with Gasteiger partial charge in [-0.15, -0.1) is 0 Å². The summed E-state index contributed by atoms with van der Waals surface area (Å²) in [6.45, 7) is 3.66. The van der Waals surface area contributed by atoms with Crippen LogP contribution in [0.4, 0.5) is 0 Å². The number of halogens is 2. The quantitative estimate of drug-likeness (QED) is 0.541. The molecule has 1 aromatic heterocycles. The summed E-state index contributed by atoms with van der Waals surface area (Å²) in [6.07, 6.45) is -0.972. The van der Waals surface area contributed by atoms with Crippen LogP contribution < -0.4 is 4.74 Å². The highest BCUT2D eigenvalue weighted by Crippen LogP contribution is 2.47. The highest BCUT2D eigenvalue weighted by Gasteiger charge is 2.40. The maximum Gasteiger partial charge on any atom is 0.195 e. The number of aliphatic hydroxyl groups excluding tert-OH is 2. The Bertz CT molecular complexity index is 1110. The second kappa shape index (κ2) is 6.88. The Hall–Kier alpha value is -1.86. The Morgan fingerprint density at radius 3 is 2.79 bits per heavy atom. The lowest BCUT2D eigenvalue weighted by atomic mass is 9.71. The Labute approximate surface area is 175 Å². The molecular formula is C21H19BrClNO4. The topological polar surface area (TPSA) is 82.5 Å². The molecule has 1 aliphatic carbocycles. The van der Waals surface area contributed by atoms with E-state index >= 15 is 0 Å². The minimum absolute atomic E-state index is 0.0461. The molecule has 0 amide bonds. The second-order valence-corrected chi connectivity index (χ2v) is 8.73. The van der Waals surface area contributed by atoms with E-state index in [2.05, 4.69) is 20.9 Å². The molecule has 28 heavy (non-hydrogen) atoms. The van der Waals surface area contributed by atoms with Gasteiger partial charge >= 0.3 is 0 Å². The number of hydrogen-bond donors (Lipinski definition) is 3. The summed E-state index contributed by atoms with van der Waals surface area (Å²) in [5.41, 5.74) is 3.17. The maximum atomic E-state index is 13.4. The van der Waals surface area contributed by atoms with Crippen molar-refractivity contribution in [3.8, 4) is 5.75 Å². The molecule has 0 saturated carbocycles. The van der Waals surface area contributed by atoms with E-state index in [4.69, 9.17) is 21.4 Å². The lowest BCUT2D eigenvalue weighted by Crippen LogP contribution is -2.30. The number of hydrogen-bond acceptors (Lipinski definition) is 4. The van der Waals surface area contributed by atoms with Crippen molar-refractivity contribution in [2.75, 3.05) is 13.2 Å². The molecular weight excluding hydrogens is 446 g/mol. The molecule has 0 radical (unpaired) electrons. The Morgan fingerprint density at radius 1 is 1.32 bits per heavy atom. The second-order valence-electron chi connectivity index (χ2n) is 7.47. The molecule has 1 atom stereocenters. The number of carbonyl (C=O) groups is 1. The smallest absolute Gasteiger partial charge is 0.195 e. The number of aliphatic hydroxyl groups is 2. The summed E-state index contributed by atoms with van der Waals surface area (Å²) >= 11 is 9.87. The molecule has 0 fully saturated rings. The van der Waals surface area contributed by atoms with Crippen molar-refractivity contribution in [3.05, 3.63) is 62.2 Å². The minimum Gasteiger partial charge on any atom is -0.490 e. The van der Waals surface area contributed by atoms with Crippen LogP contribution in [0.15, 0.2) is 34.8 Å². The third-order valence-corrected chi connectivity index (χ3v) is 6.19. The molecule has 0 aliphatic heterocycles. The van der Waals surface area contributed by atoms with Gasteiger partial charge in [0.05, 0.1) is 21.7 Å². The summed E-state index contributed by atoms with van der Waals surface area (Å²) in [5.74, 6) is 0.413. The van der Waals surface area contributed by atoms with Crippen molar-refractivity contribution >= 4 is 44.2 Å². The van der Waals surface area contributed by atoms with Gasteiger partial charge < -0.3 is 19.9 Å². The summed E-state index contributed by atoms with van der Waals surface area (Å²) in [7, 11) is 0. The molecule has 3 N–H and O–H groups in total. The van der Waals surface area contributed by atoms with E-state index in [1.807, 2.05) is 32.0 Å². The molecule has 1 aliphatic rings. The van der Waals surface area contributed by atoms with Gasteiger partial charge in [0.1, 0.15) is 18.5 Å². The van der Waals surface area contributed by atoms with Crippen molar-refractivity contribution in [1.82, 2.24) is 4.98 Å². The SMILES string of the molecule is CC1(C)c2cc(OC[C@@H](O)CO)c(Br)cc2C(=O)c2c1[nH]c1cccc(Cl)c21. The lowest BCUT2D eigenvalue weighted by molar-refractivity contribution is 0.0533. The molecule has 146 valence electrons. The van der Waals surface area contributed by atoms with Crippen LogP contribution >= 0.6 is 27.5 Å². The Balaban J connectivity index is 1.89. The van der Waals surface area contributed by atoms with Crippen LogP contribution in [0.2, 0.25) is 5.02 Å². The van der Waals surface area contributed by atoms with E-state index in [1.54, 1.807) is 12.1 Å². The van der Waals surface area contributed by atoms with Gasteiger partial charge in [-0.2, -0.15) is 0 Å². The Kier molecular flexibility index (Phi) is 4.78. The maximum absolute atomic E-state index is 13.4. The van der Waals surface area contributed by atoms with Gasteiger partial charge in [-0.3, -0.25) is 4.79 Å². The third-order valence-electron chi connectivity index (χ3n) is 5.26. The zero-order valence-corrected chi connectivity index (χ0v) is 17.7. The molecule has 7 heteroatoms. The van der Waals surface area contributed by atoms with Crippen molar-refractivity contribution in [2.45, 2.75) is 25.4 Å². The first-order chi connectivity index (χ1) is 13.3. The number of carbonyl (C=O) groups excluding carboxylic acids is 1. The summed E-state index contributed by atoms with van der Waals surface area (Å²) in [4.78, 5) is 16.8. The lowest BCUT2D eigenvalue weighted by Gasteiger charge is -2.32. The zero-order valence-electron chi connectivity index (χ0n) is 15.3. The predicted octanol–water partition coefficient (Wildman–Crippen LogP) is 4.19. The Morgan fingerprint density at radius 2 is 2.07 bits per heavy atom. The number of fused-ring (bicyclic) bond motifs is 4. The van der Waals surface area contributed by atoms with Crippen molar-refractivity contribution in [2.24, 2.45) is 0 Å². The van der Waals surface area contributed by atoms with Crippen LogP contribution in [0.3, 0.4) is 0 Å². The molecule has 0 saturated heterocycles. The number of rotatable bonds is 4. The number of aromatic nitrogens is 1. The molecule has 0 unspecified atom stereocenters. The number of benzene rings is 2. The highest BCUT2D eigenvalue weighted by molar-refractivity contribution is 9.10. The summed E-state index contributed by atoms with van der Waals surface area (Å²) in [5, 5.41) is 19.8. The number of aromatic amines is 1. The monoisotopic (exact) mass is 463 g/mol. The molecule has 3 aromatic rings. The largest absolute Gasteiger partial charge is 0.490 e. The summed E-state index contributed by atoms with van der Waals surface area (Å²) in [6, 6.07) is 9.11. The van der Waals surface area contributed by atoms with Crippen LogP contribution in [0.5, 0.6) is 5.75 Å². The first kappa shape index (κ1) is 19.5. The van der Waals surface area contributed by atoms with Crippen molar-refractivity contribution in [1.29, 1.82) is 0 Å². The van der Waals surface area contributed by atoms with Gasteiger partial charge in [-0.05, 0) is 45.8 Å². The molecule has 0 bridgehead atoms. The average molecular weight is 465 g/mol. The first-order valence-electron chi connectivity index (χ1n) is 8.86. The minimum atomic E-state index is -0.972. The van der Waals surface area contributed by atoms with E-state index < -0.39 is 11.5 Å². The third kappa shape index (κ3) is 2.87. The van der Waals surface area contributed by atoms with Crippen LogP contribution in [0, 0.1) is 0 Å². The number of ketones is 1. The van der Waals surface area contributed by atoms with Gasteiger partial charge in [0.25, 0.3) is 0 Å². The highest BCUT2D eigenvalue weighted by atomic mass is 79.9. The molecule has 0 spiro atoms. The number of nitrogens with one attached hydrogen (secondary N) is 1. The van der Waals surface area contributed by atoms with Gasteiger partial charge in [-0.25, -0.2) is 0 Å². The molecule has 2 aromatic carbocycles. The van der Waals surface area contributed by atoms with Gasteiger partial charge in [0, 0.05) is 27.6 Å². The zero-order chi connectivity index (χ0) is 20.2. The molecule has 4 rings (SSSR count). The van der Waals surface area contributed by atoms with Crippen LogP contribution in [0.1, 0.15) is 41.0 Å². The molecule has 5 nitrogen and oxygen atoms in total. The fraction of sp³-hybridized carbons (Fsp3) is 0.286. The average Bonchev–Trinajstić information content (AvgIpc) is 3.07. The predicted molar refractivity (Wildman–Crippen MR) is 112 cm³/mol. The van der Waals surface area contributed by atoms with Crippen LogP contribution in [-0.2, 0) is 5.41 Å². The van der Waals surface area contributed by atoms with Gasteiger partial charge in [0.15, 0.2) is 5.78 Å². The van der Waals surface area contributed by atoms with E-state index in [0.717, 1.165) is 22.2 Å². The van der Waals surface area contributed by atoms with Gasteiger partial charge in [0.2, 0.25) is 0 Å². The fourth-order valence-corrected chi connectivity index (χ4v) is 4.50. The van der Waals surface area contributed by atoms with Crippen LogP contribution in [-0.4, -0.2) is 40.3 Å². The van der Waals surface area contributed by atoms with E-state index in [-0.39, 0.29) is 19.0 Å². The van der Waals surface area contributed by atoms with E-state index in [1.165, 1.54) is 0 Å². The van der Waals surface area contributed by atoms with Gasteiger partial charge in [-0.1, -0.05) is 31.5 Å². The number of ether oxygens (including phenoxy) is 1. The normalized spacial score (nSPS) is 16.0. The van der Waals surface area contributed by atoms with Crippen LogP contribution in [0.25, 0.3) is 10.9 Å². The standard InChI is InChI=1S/C21H19BrClNO4/c1-21(2)12-7-16(28-9-10(26)8-25)13(22)6-11(12)19(27)18-17-14(23)4-3-5-15(17)24-20(18)21/h3-7,10,24-26H,8-9H2,1-2H3/t10-/m0/s1. The van der Waals surface area contributed by atoms with Crippen molar-refractivity contribution < 1.29 is 19.7 Å². The summed E-state index contributed by atoms with van der Waals surface area (Å²) < 4.78 is 6.26. The van der Waals surface area contributed by atoms with E-state index in [9.17, 15) is 9.90 Å². The fourth-order valence-electron chi connectivity index (χ4n) is 3.78. The first-order valence-corrected chi connectivity index (χ1v) is 10.0.